The highest BCUT2D eigenvalue weighted by Gasteiger charge is 2.20. The van der Waals surface area contributed by atoms with Gasteiger partial charge in [0.1, 0.15) is 5.54 Å². The van der Waals surface area contributed by atoms with Crippen molar-refractivity contribution < 1.29 is 0 Å². The summed E-state index contributed by atoms with van der Waals surface area (Å²) in [6, 6.07) is 1.96. The molecule has 0 aromatic carbocycles. The first-order valence-electron chi connectivity index (χ1n) is 2.65. The Morgan fingerprint density at radius 3 is 2.89 bits per heavy atom. The molecule has 0 bridgehead atoms. The quantitative estimate of drug-likeness (QED) is 0.484. The van der Waals surface area contributed by atoms with Gasteiger partial charge in [0.05, 0.1) is 12.6 Å². The van der Waals surface area contributed by atoms with E-state index in [-0.39, 0.29) is 0 Å². The average molecular weight is 121 g/mol. The third kappa shape index (κ3) is 1.15. The van der Waals surface area contributed by atoms with Crippen molar-refractivity contribution >= 4 is 6.21 Å². The normalized spacial score (nSPS) is 32.0. The molecular weight excluding hydrogens is 114 g/mol. The molecule has 0 amide bonds. The van der Waals surface area contributed by atoms with E-state index in [4.69, 9.17) is 11.0 Å². The van der Waals surface area contributed by atoms with Crippen LogP contribution in [0.25, 0.3) is 0 Å². The first kappa shape index (κ1) is 5.99. The number of nitrogens with zero attached hydrogens (tertiary/aromatic N) is 2. The summed E-state index contributed by atoms with van der Waals surface area (Å²) in [7, 11) is 0. The summed E-state index contributed by atoms with van der Waals surface area (Å²) in [5.41, 5.74) is 4.64. The van der Waals surface area contributed by atoms with Crippen LogP contribution in [0.3, 0.4) is 0 Å². The fourth-order valence-corrected chi connectivity index (χ4v) is 0.605. The molecule has 0 fully saturated rings. The van der Waals surface area contributed by atoms with Crippen molar-refractivity contribution in [2.75, 3.05) is 6.54 Å². The molecule has 0 radical (unpaired) electrons. The van der Waals surface area contributed by atoms with Gasteiger partial charge in [-0.2, -0.15) is 5.26 Å². The molecule has 1 atom stereocenters. The maximum atomic E-state index is 8.45. The topological polar surface area (TPSA) is 62.2 Å². The van der Waals surface area contributed by atoms with Crippen molar-refractivity contribution in [3.05, 3.63) is 12.2 Å². The molecule has 46 valence electrons. The zero-order valence-corrected chi connectivity index (χ0v) is 4.91. The summed E-state index contributed by atoms with van der Waals surface area (Å²) < 4.78 is 0. The van der Waals surface area contributed by atoms with E-state index in [0.29, 0.717) is 6.54 Å². The lowest BCUT2D eigenvalue weighted by Gasteiger charge is -2.15. The highest BCUT2D eigenvalue weighted by atomic mass is 14.9. The van der Waals surface area contributed by atoms with Crippen LogP contribution >= 0.6 is 0 Å². The Morgan fingerprint density at radius 2 is 2.56 bits per heavy atom. The van der Waals surface area contributed by atoms with Gasteiger partial charge in [-0.3, -0.25) is 4.99 Å². The van der Waals surface area contributed by atoms with Crippen molar-refractivity contribution in [2.24, 2.45) is 10.7 Å². The van der Waals surface area contributed by atoms with Gasteiger partial charge in [-0.15, -0.1) is 0 Å². The van der Waals surface area contributed by atoms with E-state index < -0.39 is 5.54 Å². The second kappa shape index (κ2) is 2.00. The van der Waals surface area contributed by atoms with Crippen LogP contribution in [-0.4, -0.2) is 18.3 Å². The fourth-order valence-electron chi connectivity index (χ4n) is 0.605. The first-order chi connectivity index (χ1) is 4.27. The third-order valence-electron chi connectivity index (χ3n) is 1.15. The van der Waals surface area contributed by atoms with Crippen LogP contribution in [0.5, 0.6) is 0 Å². The van der Waals surface area contributed by atoms with Crippen LogP contribution in [0.2, 0.25) is 0 Å². The van der Waals surface area contributed by atoms with Crippen LogP contribution in [0.4, 0.5) is 0 Å². The molecule has 1 unspecified atom stereocenters. The molecule has 1 aliphatic heterocycles. The van der Waals surface area contributed by atoms with Crippen molar-refractivity contribution in [1.29, 1.82) is 5.26 Å². The Hall–Kier alpha value is -1.14. The van der Waals surface area contributed by atoms with E-state index in [1.165, 1.54) is 0 Å². The van der Waals surface area contributed by atoms with Gasteiger partial charge in [-0.1, -0.05) is 0 Å². The van der Waals surface area contributed by atoms with Crippen molar-refractivity contribution in [3.63, 3.8) is 0 Å². The predicted octanol–water partition coefficient (Wildman–Crippen LogP) is -0.152. The molecule has 0 saturated heterocycles. The van der Waals surface area contributed by atoms with Gasteiger partial charge < -0.3 is 5.73 Å². The monoisotopic (exact) mass is 121 g/mol. The Bertz CT molecular complexity index is 199. The van der Waals surface area contributed by atoms with Crippen LogP contribution in [0.1, 0.15) is 0 Å². The van der Waals surface area contributed by atoms with Crippen LogP contribution in [0.15, 0.2) is 17.1 Å². The van der Waals surface area contributed by atoms with Gasteiger partial charge >= 0.3 is 0 Å². The standard InChI is InChI=1S/C6H7N3/c7-4-6(8)2-1-3-9-5-6/h1-3H,5,8H2. The van der Waals surface area contributed by atoms with Gasteiger partial charge in [-0.25, -0.2) is 0 Å². The number of hydrogen-bond acceptors (Lipinski definition) is 3. The molecule has 0 aliphatic carbocycles. The van der Waals surface area contributed by atoms with E-state index in [0.717, 1.165) is 0 Å². The number of rotatable bonds is 0. The molecule has 9 heavy (non-hydrogen) atoms. The van der Waals surface area contributed by atoms with E-state index in [1.54, 1.807) is 18.4 Å². The number of dihydropyridines is 1. The third-order valence-corrected chi connectivity index (χ3v) is 1.15. The van der Waals surface area contributed by atoms with E-state index in [9.17, 15) is 0 Å². The summed E-state index contributed by atoms with van der Waals surface area (Å²) in [5, 5.41) is 8.45. The lowest BCUT2D eigenvalue weighted by molar-refractivity contribution is 0.678. The smallest absolute Gasteiger partial charge is 0.142 e. The SMILES string of the molecule is N#CC1(N)C=CC=NC1. The molecule has 0 aromatic rings. The Labute approximate surface area is 53.5 Å². The maximum absolute atomic E-state index is 8.45. The van der Waals surface area contributed by atoms with E-state index in [1.807, 2.05) is 6.07 Å². The fraction of sp³-hybridized carbons (Fsp3) is 0.333. The largest absolute Gasteiger partial charge is 0.309 e. The molecule has 0 aromatic heterocycles. The second-order valence-corrected chi connectivity index (χ2v) is 2.00. The molecule has 2 N–H and O–H groups in total. The Kier molecular flexibility index (Phi) is 1.33. The van der Waals surface area contributed by atoms with E-state index >= 15 is 0 Å². The van der Waals surface area contributed by atoms with Gasteiger partial charge in [0.2, 0.25) is 0 Å². The lowest BCUT2D eigenvalue weighted by Crippen LogP contribution is -2.40. The molecule has 0 spiro atoms. The minimum Gasteiger partial charge on any atom is -0.309 e. The minimum atomic E-state index is -0.852. The zero-order valence-electron chi connectivity index (χ0n) is 4.91. The molecule has 0 saturated carbocycles. The van der Waals surface area contributed by atoms with Crippen molar-refractivity contribution in [1.82, 2.24) is 0 Å². The zero-order chi connectivity index (χ0) is 6.74. The number of hydrogen-bond donors (Lipinski definition) is 1. The highest BCUT2D eigenvalue weighted by Crippen LogP contribution is 2.04. The minimum absolute atomic E-state index is 0.375. The number of nitriles is 1. The van der Waals surface area contributed by atoms with Crippen LogP contribution in [0, 0.1) is 11.3 Å². The summed E-state index contributed by atoms with van der Waals surface area (Å²) in [4.78, 5) is 3.84. The Balaban J connectivity index is 2.77. The van der Waals surface area contributed by atoms with Crippen molar-refractivity contribution in [3.8, 4) is 6.07 Å². The molecule has 3 nitrogen and oxygen atoms in total. The second-order valence-electron chi connectivity index (χ2n) is 2.00. The number of aliphatic imine (C=N–C) groups is 1. The number of nitrogens with two attached hydrogens (primary N) is 1. The van der Waals surface area contributed by atoms with Gasteiger partial charge in [0.15, 0.2) is 0 Å². The predicted molar refractivity (Wildman–Crippen MR) is 35.0 cm³/mol. The number of allylic oxidation sites excluding steroid dienone is 1. The van der Waals surface area contributed by atoms with E-state index in [2.05, 4.69) is 4.99 Å². The first-order valence-corrected chi connectivity index (χ1v) is 2.65. The molecule has 1 rings (SSSR count). The summed E-state index contributed by atoms with van der Waals surface area (Å²) >= 11 is 0. The van der Waals surface area contributed by atoms with Crippen molar-refractivity contribution in [2.45, 2.75) is 5.54 Å². The molecular formula is C6H7N3. The summed E-state index contributed by atoms with van der Waals surface area (Å²) in [5.74, 6) is 0. The van der Waals surface area contributed by atoms with Crippen LogP contribution < -0.4 is 5.73 Å². The summed E-state index contributed by atoms with van der Waals surface area (Å²) in [6.07, 6.45) is 4.98. The summed E-state index contributed by atoms with van der Waals surface area (Å²) in [6.45, 7) is 0.375. The molecule has 3 heteroatoms. The maximum Gasteiger partial charge on any atom is 0.142 e. The molecule has 1 aliphatic rings. The Morgan fingerprint density at radius 1 is 1.78 bits per heavy atom. The van der Waals surface area contributed by atoms with Crippen LogP contribution in [-0.2, 0) is 0 Å². The van der Waals surface area contributed by atoms with Gasteiger partial charge in [0.25, 0.3) is 0 Å². The highest BCUT2D eigenvalue weighted by molar-refractivity contribution is 5.73. The van der Waals surface area contributed by atoms with Gasteiger partial charge in [-0.05, 0) is 12.2 Å². The lowest BCUT2D eigenvalue weighted by atomic mass is 10.0. The molecule has 1 heterocycles. The average Bonchev–Trinajstić information content (AvgIpc) is 1.90. The van der Waals surface area contributed by atoms with Gasteiger partial charge in [0, 0.05) is 6.21 Å².